The van der Waals surface area contributed by atoms with E-state index in [1.54, 1.807) is 31.0 Å². The maximum Gasteiger partial charge on any atom is 0.184 e. The minimum absolute atomic E-state index is 0.300. The van der Waals surface area contributed by atoms with Crippen molar-refractivity contribution in [1.82, 2.24) is 20.2 Å². The van der Waals surface area contributed by atoms with Gasteiger partial charge in [0, 0.05) is 24.9 Å². The molecule has 0 spiro atoms. The Balaban J connectivity index is 2.32. The van der Waals surface area contributed by atoms with Crippen LogP contribution in [0.25, 0.3) is 11.4 Å². The van der Waals surface area contributed by atoms with E-state index in [0.29, 0.717) is 36.3 Å². The number of hydrogen-bond acceptors (Lipinski definition) is 6. The number of benzene rings is 1. The number of anilines is 1. The van der Waals surface area contributed by atoms with Gasteiger partial charge in [0.05, 0.1) is 13.7 Å². The third-order valence-corrected chi connectivity index (χ3v) is 2.97. The first-order valence-electron chi connectivity index (χ1n) is 6.34. The van der Waals surface area contributed by atoms with E-state index in [2.05, 4.69) is 22.4 Å². The topological polar surface area (TPSA) is 88.1 Å². The lowest BCUT2D eigenvalue weighted by molar-refractivity contribution is 0.149. The lowest BCUT2D eigenvalue weighted by Gasteiger charge is -2.12. The summed E-state index contributed by atoms with van der Waals surface area (Å²) in [5.41, 5.74) is 7.38. The quantitative estimate of drug-likeness (QED) is 0.798. The fourth-order valence-electron chi connectivity index (χ4n) is 2.01. The van der Waals surface area contributed by atoms with Gasteiger partial charge in [0.15, 0.2) is 5.82 Å². The van der Waals surface area contributed by atoms with Gasteiger partial charge in [-0.3, -0.25) is 0 Å². The van der Waals surface area contributed by atoms with Gasteiger partial charge in [-0.15, -0.1) is 5.10 Å². The molecule has 1 atom stereocenters. The van der Waals surface area contributed by atoms with Crippen LogP contribution in [0, 0.1) is 5.92 Å². The first kappa shape index (κ1) is 14.3. The molecule has 0 saturated heterocycles. The Bertz CT molecular complexity index is 570. The molecule has 1 unspecified atom stereocenters. The number of ether oxygens (including phenoxy) is 2. The van der Waals surface area contributed by atoms with E-state index >= 15 is 0 Å². The number of nitrogens with two attached hydrogens (primary N) is 1. The minimum atomic E-state index is 0.300. The molecule has 0 bridgehead atoms. The molecule has 0 aliphatic rings. The summed E-state index contributed by atoms with van der Waals surface area (Å²) < 4.78 is 12.1. The Morgan fingerprint density at radius 2 is 2.15 bits per heavy atom. The van der Waals surface area contributed by atoms with E-state index in [-0.39, 0.29) is 0 Å². The van der Waals surface area contributed by atoms with Crippen molar-refractivity contribution in [2.75, 3.05) is 26.6 Å². The maximum atomic E-state index is 6.00. The summed E-state index contributed by atoms with van der Waals surface area (Å²) in [6, 6.07) is 5.42. The number of aromatic nitrogens is 4. The van der Waals surface area contributed by atoms with Gasteiger partial charge in [-0.2, -0.15) is 0 Å². The van der Waals surface area contributed by atoms with Crippen molar-refractivity contribution in [3.8, 4) is 17.1 Å². The molecule has 0 amide bonds. The van der Waals surface area contributed by atoms with Crippen molar-refractivity contribution in [2.45, 2.75) is 13.5 Å². The van der Waals surface area contributed by atoms with Gasteiger partial charge in [0.1, 0.15) is 5.75 Å². The molecule has 1 aromatic carbocycles. The SMILES string of the molecule is COCC(C)Cn1nnnc1-c1cc(OC)ccc1N. The first-order valence-corrected chi connectivity index (χ1v) is 6.34. The largest absolute Gasteiger partial charge is 0.497 e. The van der Waals surface area contributed by atoms with Gasteiger partial charge < -0.3 is 15.2 Å². The fourth-order valence-corrected chi connectivity index (χ4v) is 2.01. The summed E-state index contributed by atoms with van der Waals surface area (Å²) in [6.07, 6.45) is 0. The van der Waals surface area contributed by atoms with Crippen LogP contribution in [0.2, 0.25) is 0 Å². The Morgan fingerprint density at radius 1 is 1.35 bits per heavy atom. The molecule has 0 fully saturated rings. The van der Waals surface area contributed by atoms with Crippen LogP contribution in [-0.4, -0.2) is 41.0 Å². The maximum absolute atomic E-state index is 6.00. The summed E-state index contributed by atoms with van der Waals surface area (Å²) >= 11 is 0. The van der Waals surface area contributed by atoms with E-state index in [9.17, 15) is 0 Å². The Morgan fingerprint density at radius 3 is 2.85 bits per heavy atom. The average Bonchev–Trinajstić information content (AvgIpc) is 2.87. The molecule has 0 aliphatic heterocycles. The van der Waals surface area contributed by atoms with Gasteiger partial charge in [-0.1, -0.05) is 6.92 Å². The second-order valence-electron chi connectivity index (χ2n) is 4.70. The highest BCUT2D eigenvalue weighted by Crippen LogP contribution is 2.28. The van der Waals surface area contributed by atoms with Crippen molar-refractivity contribution in [1.29, 1.82) is 0 Å². The van der Waals surface area contributed by atoms with Crippen LogP contribution in [-0.2, 0) is 11.3 Å². The van der Waals surface area contributed by atoms with E-state index in [1.807, 2.05) is 6.07 Å². The standard InChI is InChI=1S/C13H19N5O2/c1-9(8-19-2)7-18-13(15-16-17-18)11-6-10(20-3)4-5-12(11)14/h4-6,9H,7-8,14H2,1-3H3. The molecule has 2 rings (SSSR count). The molecule has 0 radical (unpaired) electrons. The molecule has 7 nitrogen and oxygen atoms in total. The number of nitrogens with zero attached hydrogens (tertiary/aromatic N) is 4. The third kappa shape index (κ3) is 3.05. The molecule has 2 N–H and O–H groups in total. The number of nitrogen functional groups attached to an aromatic ring is 1. The van der Waals surface area contributed by atoms with Crippen molar-refractivity contribution >= 4 is 5.69 Å². The molecule has 7 heteroatoms. The van der Waals surface area contributed by atoms with Crippen LogP contribution in [0.3, 0.4) is 0 Å². The summed E-state index contributed by atoms with van der Waals surface area (Å²) in [5.74, 6) is 1.65. The van der Waals surface area contributed by atoms with E-state index in [4.69, 9.17) is 15.2 Å². The molecule has 108 valence electrons. The van der Waals surface area contributed by atoms with E-state index < -0.39 is 0 Å². The van der Waals surface area contributed by atoms with Crippen molar-refractivity contribution < 1.29 is 9.47 Å². The average molecular weight is 277 g/mol. The second-order valence-corrected chi connectivity index (χ2v) is 4.70. The fraction of sp³-hybridized carbons (Fsp3) is 0.462. The van der Waals surface area contributed by atoms with Crippen LogP contribution in [0.5, 0.6) is 5.75 Å². The minimum Gasteiger partial charge on any atom is -0.497 e. The van der Waals surface area contributed by atoms with Gasteiger partial charge in [0.25, 0.3) is 0 Å². The summed E-state index contributed by atoms with van der Waals surface area (Å²) in [5, 5.41) is 11.8. The highest BCUT2D eigenvalue weighted by atomic mass is 16.5. The van der Waals surface area contributed by atoms with Gasteiger partial charge in [0.2, 0.25) is 0 Å². The monoisotopic (exact) mass is 277 g/mol. The van der Waals surface area contributed by atoms with Crippen LogP contribution in [0.15, 0.2) is 18.2 Å². The van der Waals surface area contributed by atoms with Crippen LogP contribution >= 0.6 is 0 Å². The highest BCUT2D eigenvalue weighted by Gasteiger charge is 2.15. The second kappa shape index (κ2) is 6.33. The van der Waals surface area contributed by atoms with E-state index in [1.165, 1.54) is 0 Å². The predicted octanol–water partition coefficient (Wildman–Crippen LogP) is 1.21. The van der Waals surface area contributed by atoms with Crippen LogP contribution in [0.4, 0.5) is 5.69 Å². The Kier molecular flexibility index (Phi) is 4.52. The third-order valence-electron chi connectivity index (χ3n) is 2.97. The number of methoxy groups -OCH3 is 2. The smallest absolute Gasteiger partial charge is 0.184 e. The number of rotatable bonds is 6. The van der Waals surface area contributed by atoms with Crippen molar-refractivity contribution in [2.24, 2.45) is 5.92 Å². The molecule has 2 aromatic rings. The van der Waals surface area contributed by atoms with Gasteiger partial charge in [-0.05, 0) is 34.5 Å². The zero-order valence-electron chi connectivity index (χ0n) is 11.9. The predicted molar refractivity (Wildman–Crippen MR) is 75.3 cm³/mol. The molecular formula is C13H19N5O2. The highest BCUT2D eigenvalue weighted by molar-refractivity contribution is 5.73. The Hall–Kier alpha value is -2.15. The van der Waals surface area contributed by atoms with Gasteiger partial charge >= 0.3 is 0 Å². The summed E-state index contributed by atoms with van der Waals surface area (Å²) in [7, 11) is 3.29. The van der Waals surface area contributed by atoms with Crippen molar-refractivity contribution in [3.63, 3.8) is 0 Å². The zero-order chi connectivity index (χ0) is 14.5. The lowest BCUT2D eigenvalue weighted by atomic mass is 10.1. The normalized spacial score (nSPS) is 12.3. The number of tetrazole rings is 1. The van der Waals surface area contributed by atoms with Crippen LogP contribution < -0.4 is 10.5 Å². The zero-order valence-corrected chi connectivity index (χ0v) is 11.9. The molecule has 1 heterocycles. The van der Waals surface area contributed by atoms with E-state index in [0.717, 1.165) is 5.56 Å². The number of hydrogen-bond donors (Lipinski definition) is 1. The molecule has 20 heavy (non-hydrogen) atoms. The molecule has 1 aromatic heterocycles. The summed E-state index contributed by atoms with van der Waals surface area (Å²) in [4.78, 5) is 0. The lowest BCUT2D eigenvalue weighted by Crippen LogP contribution is -2.15. The first-order chi connectivity index (χ1) is 9.65. The van der Waals surface area contributed by atoms with Gasteiger partial charge in [-0.25, -0.2) is 4.68 Å². The Labute approximate surface area is 117 Å². The molecular weight excluding hydrogens is 258 g/mol. The van der Waals surface area contributed by atoms with Crippen molar-refractivity contribution in [3.05, 3.63) is 18.2 Å². The summed E-state index contributed by atoms with van der Waals surface area (Å²) in [6.45, 7) is 3.38. The van der Waals surface area contributed by atoms with Crippen LogP contribution in [0.1, 0.15) is 6.92 Å². The molecule has 0 aliphatic carbocycles. The molecule has 0 saturated carbocycles.